The lowest BCUT2D eigenvalue weighted by atomic mass is 10.1. The molecule has 1 N–H and O–H groups in total. The zero-order valence-electron chi connectivity index (χ0n) is 13.1. The van der Waals surface area contributed by atoms with E-state index < -0.39 is 10.0 Å². The molecule has 0 spiro atoms. The quantitative estimate of drug-likeness (QED) is 0.596. The number of fused-ring (bicyclic) bond motifs is 1. The maximum absolute atomic E-state index is 12.4. The average molecular weight is 371 g/mol. The minimum atomic E-state index is -3.58. The Labute approximate surface area is 148 Å². The number of hydrogen-bond donors (Lipinski definition) is 1. The molecule has 0 atom stereocenters. The molecule has 0 fully saturated rings. The third-order valence-corrected chi connectivity index (χ3v) is 6.37. The number of hydrogen-bond acceptors (Lipinski definition) is 6. The summed E-state index contributed by atoms with van der Waals surface area (Å²) < 4.78 is 29.2. The van der Waals surface area contributed by atoms with Crippen LogP contribution in [0.2, 0.25) is 0 Å². The second-order valence-corrected chi connectivity index (χ2v) is 8.21. The van der Waals surface area contributed by atoms with Crippen molar-refractivity contribution in [3.05, 3.63) is 59.7 Å². The van der Waals surface area contributed by atoms with Gasteiger partial charge in [-0.1, -0.05) is 18.2 Å². The van der Waals surface area contributed by atoms with Crippen molar-refractivity contribution in [1.82, 2.24) is 19.8 Å². The lowest BCUT2D eigenvalue weighted by Gasteiger charge is -2.08. The normalized spacial score (nSPS) is 11.7. The number of rotatable bonds is 4. The molecule has 0 saturated heterocycles. The second kappa shape index (κ2) is 5.94. The van der Waals surface area contributed by atoms with E-state index in [0.29, 0.717) is 22.9 Å². The van der Waals surface area contributed by atoms with Crippen molar-refractivity contribution >= 4 is 32.7 Å². The summed E-state index contributed by atoms with van der Waals surface area (Å²) in [6, 6.07) is 14.0. The van der Waals surface area contributed by atoms with Gasteiger partial charge in [0.2, 0.25) is 0 Å². The molecular formula is C16H13N5O2S2. The van der Waals surface area contributed by atoms with Gasteiger partial charge in [0, 0.05) is 11.3 Å². The fourth-order valence-corrected chi connectivity index (χ4v) is 4.46. The predicted molar refractivity (Wildman–Crippen MR) is 96.1 cm³/mol. The molecule has 0 aliphatic rings. The fourth-order valence-electron chi connectivity index (χ4n) is 2.41. The molecule has 0 amide bonds. The van der Waals surface area contributed by atoms with E-state index in [9.17, 15) is 8.42 Å². The molecule has 0 radical (unpaired) electrons. The highest BCUT2D eigenvalue weighted by Gasteiger charge is 2.15. The van der Waals surface area contributed by atoms with Gasteiger partial charge >= 0.3 is 0 Å². The number of nitrogens with one attached hydrogen (secondary N) is 1. The maximum atomic E-state index is 12.4. The first-order valence-electron chi connectivity index (χ1n) is 7.39. The molecule has 4 rings (SSSR count). The zero-order chi connectivity index (χ0) is 17.4. The lowest BCUT2D eigenvalue weighted by Crippen LogP contribution is -2.11. The van der Waals surface area contributed by atoms with Gasteiger partial charge in [0.25, 0.3) is 10.0 Å². The Bertz CT molecular complexity index is 1150. The van der Waals surface area contributed by atoms with Crippen molar-refractivity contribution in [2.45, 2.75) is 11.1 Å². The van der Waals surface area contributed by atoms with E-state index in [1.54, 1.807) is 40.2 Å². The van der Waals surface area contributed by atoms with Gasteiger partial charge in [0.15, 0.2) is 11.5 Å². The summed E-state index contributed by atoms with van der Waals surface area (Å²) in [7, 11) is -3.58. The van der Waals surface area contributed by atoms with Gasteiger partial charge in [0.1, 0.15) is 4.21 Å². The zero-order valence-corrected chi connectivity index (χ0v) is 14.8. The van der Waals surface area contributed by atoms with E-state index in [1.807, 2.05) is 25.1 Å². The molecule has 3 heterocycles. The minimum Gasteiger partial charge on any atom is -0.279 e. The van der Waals surface area contributed by atoms with Crippen LogP contribution in [0, 0.1) is 6.92 Å². The molecule has 0 aliphatic heterocycles. The summed E-state index contributed by atoms with van der Waals surface area (Å²) in [6.07, 6.45) is 0. The van der Waals surface area contributed by atoms with Gasteiger partial charge in [-0.15, -0.1) is 21.5 Å². The van der Waals surface area contributed by atoms with E-state index in [4.69, 9.17) is 0 Å². The van der Waals surface area contributed by atoms with Crippen LogP contribution in [0.15, 0.2) is 58.1 Å². The summed E-state index contributed by atoms with van der Waals surface area (Å²) in [5, 5.41) is 14.2. The average Bonchev–Trinajstić information content (AvgIpc) is 3.25. The molecule has 7 nitrogen and oxygen atoms in total. The Morgan fingerprint density at radius 2 is 1.96 bits per heavy atom. The van der Waals surface area contributed by atoms with E-state index in [2.05, 4.69) is 20.0 Å². The molecule has 0 saturated carbocycles. The summed E-state index contributed by atoms with van der Waals surface area (Å²) in [5.74, 6) is 0.686. The van der Waals surface area contributed by atoms with Crippen LogP contribution in [0.5, 0.6) is 0 Å². The van der Waals surface area contributed by atoms with Crippen molar-refractivity contribution < 1.29 is 8.42 Å². The smallest absolute Gasteiger partial charge is 0.271 e. The Morgan fingerprint density at radius 1 is 1.08 bits per heavy atom. The first-order valence-corrected chi connectivity index (χ1v) is 9.75. The topological polar surface area (TPSA) is 89.2 Å². The van der Waals surface area contributed by atoms with E-state index in [0.717, 1.165) is 5.56 Å². The van der Waals surface area contributed by atoms with Gasteiger partial charge in [-0.05, 0) is 42.6 Å². The molecule has 3 aromatic heterocycles. The van der Waals surface area contributed by atoms with Gasteiger partial charge in [-0.2, -0.15) is 9.61 Å². The lowest BCUT2D eigenvalue weighted by molar-refractivity contribution is 0.603. The van der Waals surface area contributed by atoms with Crippen molar-refractivity contribution in [1.29, 1.82) is 0 Å². The Morgan fingerprint density at radius 3 is 2.76 bits per heavy atom. The molecular weight excluding hydrogens is 358 g/mol. The molecule has 0 aliphatic carbocycles. The predicted octanol–water partition coefficient (Wildman–Crippen LogP) is 2.96. The highest BCUT2D eigenvalue weighted by molar-refractivity contribution is 7.94. The van der Waals surface area contributed by atoms with Crippen LogP contribution in [0.4, 0.5) is 5.69 Å². The fraction of sp³-hybridized carbons (Fsp3) is 0.0625. The number of thiophene rings is 1. The summed E-state index contributed by atoms with van der Waals surface area (Å²) in [5.41, 5.74) is 2.64. The van der Waals surface area contributed by atoms with Crippen LogP contribution in [0.25, 0.3) is 16.9 Å². The first kappa shape index (κ1) is 15.7. The molecule has 0 bridgehead atoms. The number of sulfonamides is 1. The Kier molecular flexibility index (Phi) is 3.74. The molecule has 126 valence electrons. The van der Waals surface area contributed by atoms with Crippen molar-refractivity contribution in [2.75, 3.05) is 4.72 Å². The second-order valence-electron chi connectivity index (χ2n) is 5.35. The molecule has 0 unspecified atom stereocenters. The number of benzene rings is 1. The van der Waals surface area contributed by atoms with Crippen molar-refractivity contribution in [2.24, 2.45) is 0 Å². The third-order valence-electron chi connectivity index (χ3n) is 3.59. The molecule has 4 aromatic rings. The summed E-state index contributed by atoms with van der Waals surface area (Å²) in [4.78, 5) is 0. The van der Waals surface area contributed by atoms with Gasteiger partial charge in [-0.3, -0.25) is 4.72 Å². The van der Waals surface area contributed by atoms with Crippen LogP contribution in [0.1, 0.15) is 5.82 Å². The summed E-state index contributed by atoms with van der Waals surface area (Å²) in [6.45, 7) is 1.82. The number of anilines is 1. The highest BCUT2D eigenvalue weighted by Crippen LogP contribution is 2.24. The number of aromatic nitrogens is 4. The van der Waals surface area contributed by atoms with Crippen LogP contribution in [-0.2, 0) is 10.0 Å². The standard InChI is InChI=1S/C16H13N5O2S2/c1-11-17-18-15-8-7-14(19-21(11)15)12-4-2-5-13(10-12)20-25(22,23)16-6-3-9-24-16/h2-10,20H,1H3. The van der Waals surface area contributed by atoms with Gasteiger partial charge in [0.05, 0.1) is 5.69 Å². The monoisotopic (exact) mass is 371 g/mol. The van der Waals surface area contributed by atoms with E-state index >= 15 is 0 Å². The van der Waals surface area contributed by atoms with Crippen LogP contribution in [-0.4, -0.2) is 28.2 Å². The van der Waals surface area contributed by atoms with Gasteiger partial charge < -0.3 is 0 Å². The largest absolute Gasteiger partial charge is 0.279 e. The van der Waals surface area contributed by atoms with Crippen molar-refractivity contribution in [3.63, 3.8) is 0 Å². The molecule has 25 heavy (non-hydrogen) atoms. The van der Waals surface area contributed by atoms with Crippen LogP contribution >= 0.6 is 11.3 Å². The van der Waals surface area contributed by atoms with E-state index in [1.165, 1.54) is 11.3 Å². The van der Waals surface area contributed by atoms with Gasteiger partial charge in [-0.25, -0.2) is 8.42 Å². The Hall–Kier alpha value is -2.78. The maximum Gasteiger partial charge on any atom is 0.271 e. The third kappa shape index (κ3) is 2.99. The minimum absolute atomic E-state index is 0.276. The number of aryl methyl sites for hydroxylation is 1. The van der Waals surface area contributed by atoms with Crippen LogP contribution < -0.4 is 4.72 Å². The van der Waals surface area contributed by atoms with Crippen LogP contribution in [0.3, 0.4) is 0 Å². The summed E-state index contributed by atoms with van der Waals surface area (Å²) >= 11 is 1.17. The highest BCUT2D eigenvalue weighted by atomic mass is 32.2. The Balaban J connectivity index is 1.70. The van der Waals surface area contributed by atoms with Crippen molar-refractivity contribution in [3.8, 4) is 11.3 Å². The van der Waals surface area contributed by atoms with E-state index in [-0.39, 0.29) is 4.21 Å². The molecule has 9 heteroatoms. The first-order chi connectivity index (χ1) is 12.0. The number of nitrogens with zero attached hydrogens (tertiary/aromatic N) is 4. The SMILES string of the molecule is Cc1nnc2ccc(-c3cccc(NS(=O)(=O)c4cccs4)c3)nn12. The molecule has 1 aromatic carbocycles.